The maximum Gasteiger partial charge on any atom is 0.313 e. The number of carbonyl (C=O) groups excluding carboxylic acids is 1. The molecule has 0 spiro atoms. The average molecular weight is 372 g/mol. The third kappa shape index (κ3) is 9.90. The third-order valence-corrected chi connectivity index (χ3v) is 5.46. The number of hydrogen-bond acceptors (Lipinski definition) is 4. The molecule has 5 nitrogen and oxygen atoms in total. The largest absolute Gasteiger partial charge is 0.481 e. The number of carboxylic acids is 1. The molecule has 0 saturated carbocycles. The van der Waals surface area contributed by atoms with E-state index in [0.29, 0.717) is 13.0 Å². The minimum absolute atomic E-state index is 0.0914. The van der Waals surface area contributed by atoms with E-state index in [1.54, 1.807) is 0 Å². The van der Waals surface area contributed by atoms with Gasteiger partial charge in [0.1, 0.15) is 0 Å². The van der Waals surface area contributed by atoms with E-state index in [1.807, 2.05) is 17.1 Å². The molecule has 2 N–H and O–H groups in total. The standard InChI is InChI=1S/C19H33NO4S/c1-2-3-4-9-17(21)12-11-16-8-7-10-18(22)20(16)13-5-6-14-25-15-19(23)24/h11-12,16-17,21H,2-10,13-15H2,1H3,(H,23,24)/t16-,17?/m1/s1. The Labute approximate surface area is 155 Å². The van der Waals surface area contributed by atoms with Crippen molar-refractivity contribution < 1.29 is 19.8 Å². The Bertz CT molecular complexity index is 428. The van der Waals surface area contributed by atoms with Crippen molar-refractivity contribution >= 4 is 23.6 Å². The van der Waals surface area contributed by atoms with E-state index in [1.165, 1.54) is 11.8 Å². The molecule has 1 amide bonds. The second-order valence-corrected chi connectivity index (χ2v) is 7.75. The molecule has 1 fully saturated rings. The van der Waals surface area contributed by atoms with Crippen LogP contribution in [0.3, 0.4) is 0 Å². The molecular formula is C19H33NO4S. The number of hydrogen-bond donors (Lipinski definition) is 2. The first-order valence-corrected chi connectivity index (χ1v) is 10.7. The lowest BCUT2D eigenvalue weighted by molar-refractivity contribution is -0.135. The highest BCUT2D eigenvalue weighted by molar-refractivity contribution is 7.99. The number of carbonyl (C=O) groups is 2. The minimum atomic E-state index is -0.779. The molecule has 25 heavy (non-hydrogen) atoms. The Morgan fingerprint density at radius 3 is 2.88 bits per heavy atom. The van der Waals surface area contributed by atoms with Crippen LogP contribution in [0.5, 0.6) is 0 Å². The van der Waals surface area contributed by atoms with Crippen molar-refractivity contribution in [3.05, 3.63) is 12.2 Å². The van der Waals surface area contributed by atoms with Crippen LogP contribution in [0.1, 0.15) is 64.7 Å². The Morgan fingerprint density at radius 2 is 2.16 bits per heavy atom. The molecule has 1 saturated heterocycles. The number of piperidine rings is 1. The van der Waals surface area contributed by atoms with E-state index < -0.39 is 12.1 Å². The zero-order valence-corrected chi connectivity index (χ0v) is 16.2. The van der Waals surface area contributed by atoms with Crippen molar-refractivity contribution in [1.82, 2.24) is 4.90 Å². The molecule has 2 atom stereocenters. The van der Waals surface area contributed by atoms with Crippen molar-refractivity contribution in [2.24, 2.45) is 0 Å². The van der Waals surface area contributed by atoms with E-state index >= 15 is 0 Å². The highest BCUT2D eigenvalue weighted by atomic mass is 32.2. The smallest absolute Gasteiger partial charge is 0.313 e. The van der Waals surface area contributed by atoms with E-state index in [0.717, 1.165) is 57.1 Å². The fraction of sp³-hybridized carbons (Fsp3) is 0.789. The fourth-order valence-electron chi connectivity index (χ4n) is 3.04. The van der Waals surface area contributed by atoms with E-state index in [4.69, 9.17) is 5.11 Å². The van der Waals surface area contributed by atoms with Crippen LogP contribution in [0.15, 0.2) is 12.2 Å². The number of amides is 1. The molecule has 0 aromatic rings. The van der Waals surface area contributed by atoms with E-state index in [9.17, 15) is 14.7 Å². The number of aliphatic carboxylic acids is 1. The van der Waals surface area contributed by atoms with Crippen molar-refractivity contribution in [2.45, 2.75) is 76.9 Å². The summed E-state index contributed by atoms with van der Waals surface area (Å²) in [5.41, 5.74) is 0. The van der Waals surface area contributed by atoms with Crippen LogP contribution in [-0.4, -0.2) is 57.2 Å². The molecule has 1 aliphatic heterocycles. The molecule has 6 heteroatoms. The van der Waals surface area contributed by atoms with Gasteiger partial charge in [-0.1, -0.05) is 38.3 Å². The fourth-order valence-corrected chi connectivity index (χ4v) is 3.77. The van der Waals surface area contributed by atoms with Gasteiger partial charge in [-0.3, -0.25) is 9.59 Å². The van der Waals surface area contributed by atoms with Gasteiger partial charge in [0.2, 0.25) is 5.91 Å². The molecule has 1 heterocycles. The predicted octanol–water partition coefficient (Wildman–Crippen LogP) is 3.46. The van der Waals surface area contributed by atoms with Crippen LogP contribution < -0.4 is 0 Å². The first-order chi connectivity index (χ1) is 12.0. The van der Waals surface area contributed by atoms with Crippen LogP contribution >= 0.6 is 11.8 Å². The minimum Gasteiger partial charge on any atom is -0.481 e. The summed E-state index contributed by atoms with van der Waals surface area (Å²) >= 11 is 1.42. The number of likely N-dealkylation sites (tertiary alicyclic amines) is 1. The van der Waals surface area contributed by atoms with Crippen LogP contribution in [-0.2, 0) is 9.59 Å². The predicted molar refractivity (Wildman–Crippen MR) is 103 cm³/mol. The summed E-state index contributed by atoms with van der Waals surface area (Å²) in [6.45, 7) is 2.86. The monoisotopic (exact) mass is 371 g/mol. The number of carboxylic acid groups (broad SMARTS) is 1. The van der Waals surface area contributed by atoms with Gasteiger partial charge >= 0.3 is 5.97 Å². The number of nitrogens with zero attached hydrogens (tertiary/aromatic N) is 1. The molecule has 1 unspecified atom stereocenters. The third-order valence-electron chi connectivity index (χ3n) is 4.43. The van der Waals surface area contributed by atoms with Crippen LogP contribution in [0.2, 0.25) is 0 Å². The van der Waals surface area contributed by atoms with Gasteiger partial charge in [-0.25, -0.2) is 0 Å². The average Bonchev–Trinajstić information content (AvgIpc) is 2.57. The van der Waals surface area contributed by atoms with Gasteiger partial charge in [-0.15, -0.1) is 0 Å². The summed E-state index contributed by atoms with van der Waals surface area (Å²) in [6.07, 6.45) is 11.8. The lowest BCUT2D eigenvalue weighted by Gasteiger charge is -2.34. The van der Waals surface area contributed by atoms with Crippen molar-refractivity contribution in [1.29, 1.82) is 0 Å². The summed E-state index contributed by atoms with van der Waals surface area (Å²) in [7, 11) is 0. The highest BCUT2D eigenvalue weighted by Gasteiger charge is 2.25. The Balaban J connectivity index is 2.36. The van der Waals surface area contributed by atoms with E-state index in [-0.39, 0.29) is 17.7 Å². The molecule has 1 rings (SSSR count). The van der Waals surface area contributed by atoms with Gasteiger partial charge in [0.25, 0.3) is 0 Å². The summed E-state index contributed by atoms with van der Waals surface area (Å²) in [4.78, 5) is 24.6. The van der Waals surface area contributed by atoms with Crippen LogP contribution in [0.4, 0.5) is 0 Å². The first-order valence-electron chi connectivity index (χ1n) is 9.50. The molecule has 144 valence electrons. The number of thioether (sulfide) groups is 1. The van der Waals surface area contributed by atoms with Gasteiger partial charge < -0.3 is 15.1 Å². The second kappa shape index (κ2) is 13.2. The van der Waals surface area contributed by atoms with Crippen LogP contribution in [0.25, 0.3) is 0 Å². The quantitative estimate of drug-likeness (QED) is 0.383. The normalized spacial score (nSPS) is 19.5. The van der Waals surface area contributed by atoms with Gasteiger partial charge in [-0.05, 0) is 37.9 Å². The molecule has 0 aromatic carbocycles. The van der Waals surface area contributed by atoms with Crippen LogP contribution in [0, 0.1) is 0 Å². The lowest BCUT2D eigenvalue weighted by atomic mass is 9.99. The van der Waals surface area contributed by atoms with Gasteiger partial charge in [0.05, 0.1) is 17.9 Å². The van der Waals surface area contributed by atoms with Crippen molar-refractivity contribution in [2.75, 3.05) is 18.1 Å². The molecule has 0 radical (unpaired) electrons. The topological polar surface area (TPSA) is 77.8 Å². The molecule has 0 aliphatic carbocycles. The summed E-state index contributed by atoms with van der Waals surface area (Å²) in [5, 5.41) is 18.6. The molecule has 0 bridgehead atoms. The number of unbranched alkanes of at least 4 members (excludes halogenated alkanes) is 3. The van der Waals surface area contributed by atoms with Gasteiger partial charge in [-0.2, -0.15) is 11.8 Å². The van der Waals surface area contributed by atoms with Crippen molar-refractivity contribution in [3.63, 3.8) is 0 Å². The number of rotatable bonds is 13. The van der Waals surface area contributed by atoms with Crippen molar-refractivity contribution in [3.8, 4) is 0 Å². The number of aliphatic hydroxyl groups is 1. The zero-order chi connectivity index (χ0) is 18.5. The summed E-state index contributed by atoms with van der Waals surface area (Å²) in [5.74, 6) is 0.369. The molecule has 0 aromatic heterocycles. The maximum atomic E-state index is 12.2. The summed E-state index contributed by atoms with van der Waals surface area (Å²) in [6, 6.07) is 0.0914. The summed E-state index contributed by atoms with van der Waals surface area (Å²) < 4.78 is 0. The molecule has 1 aliphatic rings. The zero-order valence-electron chi connectivity index (χ0n) is 15.4. The first kappa shape index (κ1) is 22.0. The highest BCUT2D eigenvalue weighted by Crippen LogP contribution is 2.21. The Hall–Kier alpha value is -1.01. The number of aliphatic hydroxyl groups excluding tert-OH is 1. The van der Waals surface area contributed by atoms with Gasteiger partial charge in [0.15, 0.2) is 0 Å². The second-order valence-electron chi connectivity index (χ2n) is 6.65. The lowest BCUT2D eigenvalue weighted by Crippen LogP contribution is -2.43. The molecular weight excluding hydrogens is 338 g/mol. The van der Waals surface area contributed by atoms with Gasteiger partial charge in [0, 0.05) is 13.0 Å². The Morgan fingerprint density at radius 1 is 1.36 bits per heavy atom. The van der Waals surface area contributed by atoms with E-state index in [2.05, 4.69) is 6.92 Å². The SMILES string of the molecule is CCCCCC(O)C=C[C@H]1CCCC(=O)N1CCCCSCC(=O)O. The maximum absolute atomic E-state index is 12.2. The Kier molecular flexibility index (Phi) is 11.7.